The quantitative estimate of drug-likeness (QED) is 0.514. The third-order valence-electron chi connectivity index (χ3n) is 1.48. The zero-order chi connectivity index (χ0) is 8.72. The van der Waals surface area contributed by atoms with E-state index in [2.05, 4.69) is 9.98 Å². The van der Waals surface area contributed by atoms with E-state index in [1.807, 2.05) is 4.98 Å². The topological polar surface area (TPSA) is 95.2 Å². The van der Waals surface area contributed by atoms with Gasteiger partial charge in [-0.3, -0.25) is 19.6 Å². The lowest BCUT2D eigenvalue weighted by Crippen LogP contribution is -2.25. The summed E-state index contributed by atoms with van der Waals surface area (Å²) in [5, 5.41) is 0. The van der Waals surface area contributed by atoms with Crippen LogP contribution < -0.4 is 11.2 Å². The van der Waals surface area contributed by atoms with Crippen molar-refractivity contribution in [3.63, 3.8) is 0 Å². The monoisotopic (exact) mass is 165 g/mol. The fraction of sp³-hybridized carbons (Fsp3) is 0. The number of aromatic nitrogens is 2. The number of H-pyrrole nitrogens is 2. The molecule has 6 heteroatoms. The van der Waals surface area contributed by atoms with Gasteiger partial charge in [-0.2, -0.15) is 0 Å². The van der Waals surface area contributed by atoms with Crippen molar-refractivity contribution in [2.45, 2.75) is 0 Å². The van der Waals surface area contributed by atoms with Crippen molar-refractivity contribution >= 4 is 17.8 Å². The fourth-order valence-electron chi connectivity index (χ4n) is 0.988. The summed E-state index contributed by atoms with van der Waals surface area (Å²) in [4.78, 5) is 40.2. The van der Waals surface area contributed by atoms with Crippen LogP contribution in [0.2, 0.25) is 0 Å². The van der Waals surface area contributed by atoms with Gasteiger partial charge in [0.05, 0.1) is 6.21 Å². The lowest BCUT2D eigenvalue weighted by atomic mass is 10.2. The van der Waals surface area contributed by atoms with Crippen LogP contribution in [0.1, 0.15) is 10.4 Å². The summed E-state index contributed by atoms with van der Waals surface area (Å²) in [6.07, 6.45) is 0.996. The Balaban J connectivity index is 2.92. The summed E-state index contributed by atoms with van der Waals surface area (Å²) >= 11 is 0. The molecule has 0 saturated carbocycles. The van der Waals surface area contributed by atoms with E-state index in [-0.39, 0.29) is 11.4 Å². The van der Waals surface area contributed by atoms with Crippen molar-refractivity contribution in [1.29, 1.82) is 0 Å². The van der Waals surface area contributed by atoms with Crippen LogP contribution in [0.5, 0.6) is 0 Å². The minimum Gasteiger partial charge on any atom is -0.291 e. The molecule has 0 atom stereocenters. The van der Waals surface area contributed by atoms with E-state index in [9.17, 15) is 14.4 Å². The second-order valence-electron chi connectivity index (χ2n) is 2.25. The van der Waals surface area contributed by atoms with E-state index in [0.29, 0.717) is 0 Å². The molecule has 1 aliphatic rings. The van der Waals surface area contributed by atoms with Gasteiger partial charge in [0, 0.05) is 0 Å². The molecular formula is C6H3N3O3. The van der Waals surface area contributed by atoms with Crippen LogP contribution in [-0.2, 0) is 0 Å². The molecule has 0 unspecified atom stereocenters. The molecule has 0 fully saturated rings. The van der Waals surface area contributed by atoms with Crippen molar-refractivity contribution in [3.05, 3.63) is 26.4 Å². The first-order chi connectivity index (χ1) is 5.68. The normalized spacial score (nSPS) is 13.5. The van der Waals surface area contributed by atoms with Crippen molar-refractivity contribution in [3.8, 4) is 0 Å². The number of rotatable bonds is 0. The highest BCUT2D eigenvalue weighted by Crippen LogP contribution is 2.13. The number of hydrogen-bond donors (Lipinski definition) is 2. The summed E-state index contributed by atoms with van der Waals surface area (Å²) in [6, 6.07) is 0. The van der Waals surface area contributed by atoms with Crippen LogP contribution in [0.3, 0.4) is 0 Å². The highest BCUT2D eigenvalue weighted by atomic mass is 16.2. The lowest BCUT2D eigenvalue weighted by molar-refractivity contribution is 0.107. The number of nitrogens with one attached hydrogen (secondary N) is 2. The molecule has 12 heavy (non-hydrogen) atoms. The summed E-state index contributed by atoms with van der Waals surface area (Å²) in [5.41, 5.74) is -1.46. The number of fused-ring (bicyclic) bond motifs is 1. The maximum Gasteiger partial charge on any atom is 0.327 e. The van der Waals surface area contributed by atoms with Gasteiger partial charge in [0.2, 0.25) is 5.78 Å². The van der Waals surface area contributed by atoms with Gasteiger partial charge < -0.3 is 0 Å². The third kappa shape index (κ3) is 0.746. The summed E-state index contributed by atoms with van der Waals surface area (Å²) < 4.78 is 0. The van der Waals surface area contributed by atoms with Crippen molar-refractivity contribution in [1.82, 2.24) is 9.97 Å². The van der Waals surface area contributed by atoms with Crippen LogP contribution in [0.15, 0.2) is 14.6 Å². The van der Waals surface area contributed by atoms with E-state index in [1.165, 1.54) is 0 Å². The van der Waals surface area contributed by atoms with E-state index in [0.717, 1.165) is 6.21 Å². The van der Waals surface area contributed by atoms with Crippen molar-refractivity contribution in [2.24, 2.45) is 4.99 Å². The third-order valence-corrected chi connectivity index (χ3v) is 1.48. The van der Waals surface area contributed by atoms with Gasteiger partial charge in [-0.25, -0.2) is 9.79 Å². The predicted molar refractivity (Wildman–Crippen MR) is 40.2 cm³/mol. The smallest absolute Gasteiger partial charge is 0.291 e. The van der Waals surface area contributed by atoms with Crippen LogP contribution in [0.4, 0.5) is 5.82 Å². The second kappa shape index (κ2) is 2.00. The first kappa shape index (κ1) is 6.71. The van der Waals surface area contributed by atoms with Gasteiger partial charge in [0.1, 0.15) is 5.56 Å². The maximum atomic E-state index is 11.0. The Bertz CT molecular complexity index is 493. The number of hydrogen-bond acceptors (Lipinski definition) is 4. The average Bonchev–Trinajstić information content (AvgIpc) is 2.31. The standard InChI is InChI=1S/C6H3N3O3/c10-2-1-7-4-3(2)5(11)9-6(12)8-4/h1H,(H2,8,9,11,12). The first-order valence-electron chi connectivity index (χ1n) is 3.13. The minimum atomic E-state index is -0.698. The van der Waals surface area contributed by atoms with Gasteiger partial charge >= 0.3 is 5.69 Å². The Labute approximate surface area is 65.0 Å². The Morgan fingerprint density at radius 1 is 1.17 bits per heavy atom. The number of aromatic amines is 2. The fourth-order valence-corrected chi connectivity index (χ4v) is 0.988. The Morgan fingerprint density at radius 2 is 1.92 bits per heavy atom. The predicted octanol–water partition coefficient (Wildman–Crippen LogP) is -1.04. The average molecular weight is 165 g/mol. The molecule has 2 rings (SSSR count). The van der Waals surface area contributed by atoms with Crippen molar-refractivity contribution in [2.75, 3.05) is 0 Å². The van der Waals surface area contributed by atoms with E-state index < -0.39 is 17.0 Å². The van der Waals surface area contributed by atoms with Crippen LogP contribution in [-0.4, -0.2) is 22.0 Å². The number of carbonyl (C=O) groups is 1. The molecular weight excluding hydrogens is 162 g/mol. The second-order valence-corrected chi connectivity index (χ2v) is 2.25. The summed E-state index contributed by atoms with van der Waals surface area (Å²) in [7, 11) is 0. The molecule has 0 spiro atoms. The number of nitrogens with zero attached hydrogens (tertiary/aromatic N) is 1. The maximum absolute atomic E-state index is 11.0. The number of aliphatic imine (C=N–C) groups is 1. The lowest BCUT2D eigenvalue weighted by Gasteiger charge is -1.90. The molecule has 6 nitrogen and oxygen atoms in total. The summed E-state index contributed by atoms with van der Waals surface area (Å²) in [6.45, 7) is 0. The highest BCUT2D eigenvalue weighted by Gasteiger charge is 2.20. The van der Waals surface area contributed by atoms with E-state index >= 15 is 0 Å². The van der Waals surface area contributed by atoms with Gasteiger partial charge in [0.15, 0.2) is 5.82 Å². The van der Waals surface area contributed by atoms with Gasteiger partial charge in [-0.1, -0.05) is 0 Å². The zero-order valence-corrected chi connectivity index (χ0v) is 5.75. The molecule has 0 amide bonds. The molecule has 1 aromatic rings. The Morgan fingerprint density at radius 3 is 2.67 bits per heavy atom. The highest BCUT2D eigenvalue weighted by molar-refractivity contribution is 6.39. The van der Waals surface area contributed by atoms with E-state index in [4.69, 9.17) is 0 Å². The molecule has 60 valence electrons. The molecule has 0 saturated heterocycles. The first-order valence-corrected chi connectivity index (χ1v) is 3.13. The number of Topliss-reactive ketones (excluding diaryl/α,β-unsaturated/α-hetero) is 1. The van der Waals surface area contributed by atoms with Crippen LogP contribution in [0, 0.1) is 0 Å². The molecule has 1 aromatic heterocycles. The van der Waals surface area contributed by atoms with Crippen molar-refractivity contribution < 1.29 is 4.79 Å². The molecule has 0 aliphatic carbocycles. The van der Waals surface area contributed by atoms with Crippen LogP contribution in [0.25, 0.3) is 0 Å². The molecule has 1 aliphatic heterocycles. The zero-order valence-electron chi connectivity index (χ0n) is 5.75. The SMILES string of the molecule is O=C1C=Nc2[nH]c(=O)[nH]c(=O)c21. The number of carbonyl (C=O) groups excluding carboxylic acids is 1. The minimum absolute atomic E-state index is 0.0359. The molecule has 0 aromatic carbocycles. The Kier molecular flexibility index (Phi) is 1.12. The summed E-state index contributed by atoms with van der Waals surface area (Å²) in [5.74, 6) is -0.448. The van der Waals surface area contributed by atoms with Gasteiger partial charge in [-0.05, 0) is 0 Å². The number of ketones is 1. The van der Waals surface area contributed by atoms with E-state index in [1.54, 1.807) is 0 Å². The Hall–Kier alpha value is -1.98. The van der Waals surface area contributed by atoms with Gasteiger partial charge in [0.25, 0.3) is 5.56 Å². The molecule has 2 N–H and O–H groups in total. The largest absolute Gasteiger partial charge is 0.327 e. The molecule has 0 bridgehead atoms. The molecule has 2 heterocycles. The molecule has 0 radical (unpaired) electrons. The van der Waals surface area contributed by atoms with Crippen LogP contribution >= 0.6 is 0 Å². The van der Waals surface area contributed by atoms with Gasteiger partial charge in [-0.15, -0.1) is 0 Å².